The fraction of sp³-hybridized carbons (Fsp3) is 0.571. The predicted molar refractivity (Wildman–Crippen MR) is 75.3 cm³/mol. The molecule has 19 heavy (non-hydrogen) atoms. The normalized spacial score (nSPS) is 16.0. The molecular weight excluding hydrogens is 242 g/mol. The molecule has 1 saturated heterocycles. The van der Waals surface area contributed by atoms with E-state index in [4.69, 9.17) is 0 Å². The van der Waals surface area contributed by atoms with Crippen LogP contribution >= 0.6 is 0 Å². The summed E-state index contributed by atoms with van der Waals surface area (Å²) in [6.45, 7) is 6.84. The molecule has 0 N–H and O–H groups in total. The van der Waals surface area contributed by atoms with Crippen molar-refractivity contribution in [2.75, 3.05) is 31.1 Å². The summed E-state index contributed by atoms with van der Waals surface area (Å²) in [4.78, 5) is 27.6. The number of hydrogen-bond donors (Lipinski definition) is 0. The van der Waals surface area contributed by atoms with Crippen molar-refractivity contribution in [3.63, 3.8) is 0 Å². The van der Waals surface area contributed by atoms with E-state index in [2.05, 4.69) is 4.90 Å². The highest BCUT2D eigenvalue weighted by atomic mass is 16.2. The number of anilines is 1. The number of carbonyl (C=O) groups excluding carboxylic acids is 1. The van der Waals surface area contributed by atoms with Crippen molar-refractivity contribution in [3.8, 4) is 0 Å². The average molecular weight is 263 g/mol. The fourth-order valence-corrected chi connectivity index (χ4v) is 2.39. The third-order valence-corrected chi connectivity index (χ3v) is 3.57. The molecule has 0 saturated carbocycles. The Morgan fingerprint density at radius 1 is 1.16 bits per heavy atom. The third kappa shape index (κ3) is 2.80. The zero-order chi connectivity index (χ0) is 14.0. The van der Waals surface area contributed by atoms with Crippen LogP contribution in [-0.4, -0.2) is 41.6 Å². The maximum atomic E-state index is 11.9. The summed E-state index contributed by atoms with van der Waals surface area (Å²) in [6, 6.07) is 5.28. The topological polar surface area (TPSA) is 45.6 Å². The van der Waals surface area contributed by atoms with Crippen molar-refractivity contribution in [2.45, 2.75) is 13.8 Å². The minimum absolute atomic E-state index is 0.00168. The molecule has 0 unspecified atom stereocenters. The molecule has 1 aromatic rings. The SMILES string of the molecule is CC(C)C(=O)N1CCN(c2cccc(=O)n2C)CC1. The molecule has 2 rings (SSSR count). The van der Waals surface area contributed by atoms with Crippen LogP contribution in [0.1, 0.15) is 13.8 Å². The number of hydrogen-bond acceptors (Lipinski definition) is 3. The van der Waals surface area contributed by atoms with Gasteiger partial charge in [-0.3, -0.25) is 14.2 Å². The number of piperazine rings is 1. The van der Waals surface area contributed by atoms with Gasteiger partial charge in [0.15, 0.2) is 0 Å². The maximum absolute atomic E-state index is 11.9. The van der Waals surface area contributed by atoms with Gasteiger partial charge < -0.3 is 9.80 Å². The highest BCUT2D eigenvalue weighted by molar-refractivity contribution is 5.78. The highest BCUT2D eigenvalue weighted by Gasteiger charge is 2.23. The van der Waals surface area contributed by atoms with E-state index in [0.29, 0.717) is 0 Å². The van der Waals surface area contributed by atoms with Gasteiger partial charge in [0.2, 0.25) is 5.91 Å². The van der Waals surface area contributed by atoms with E-state index in [0.717, 1.165) is 32.0 Å². The first-order valence-electron chi connectivity index (χ1n) is 6.70. The Kier molecular flexibility index (Phi) is 3.93. The Bertz CT molecular complexity index is 514. The summed E-state index contributed by atoms with van der Waals surface area (Å²) in [5.41, 5.74) is -0.00168. The van der Waals surface area contributed by atoms with E-state index >= 15 is 0 Å². The van der Waals surface area contributed by atoms with Crippen LogP contribution in [0.25, 0.3) is 0 Å². The molecule has 2 heterocycles. The molecule has 0 spiro atoms. The molecule has 0 bridgehead atoms. The second kappa shape index (κ2) is 5.47. The molecule has 0 atom stereocenters. The molecule has 1 aromatic heterocycles. The van der Waals surface area contributed by atoms with Crippen molar-refractivity contribution in [2.24, 2.45) is 13.0 Å². The summed E-state index contributed by atoms with van der Waals surface area (Å²) in [6.07, 6.45) is 0. The molecule has 1 amide bonds. The minimum atomic E-state index is -0.00168. The van der Waals surface area contributed by atoms with Crippen LogP contribution in [0.5, 0.6) is 0 Å². The van der Waals surface area contributed by atoms with Gasteiger partial charge in [0.25, 0.3) is 5.56 Å². The smallest absolute Gasteiger partial charge is 0.251 e. The minimum Gasteiger partial charge on any atom is -0.354 e. The molecule has 5 nitrogen and oxygen atoms in total. The van der Waals surface area contributed by atoms with Gasteiger partial charge >= 0.3 is 0 Å². The summed E-state index contributed by atoms with van der Waals surface area (Å²) >= 11 is 0. The van der Waals surface area contributed by atoms with Crippen molar-refractivity contribution < 1.29 is 4.79 Å². The molecule has 0 radical (unpaired) electrons. The highest BCUT2D eigenvalue weighted by Crippen LogP contribution is 2.14. The number of amides is 1. The summed E-state index contributed by atoms with van der Waals surface area (Å²) in [5.74, 6) is 1.18. The van der Waals surface area contributed by atoms with E-state index in [1.165, 1.54) is 0 Å². The van der Waals surface area contributed by atoms with E-state index in [9.17, 15) is 9.59 Å². The zero-order valence-corrected chi connectivity index (χ0v) is 11.8. The van der Waals surface area contributed by atoms with Crippen LogP contribution in [0, 0.1) is 5.92 Å². The second-order valence-corrected chi connectivity index (χ2v) is 5.25. The zero-order valence-electron chi connectivity index (χ0n) is 11.8. The summed E-state index contributed by atoms with van der Waals surface area (Å²) < 4.78 is 1.65. The van der Waals surface area contributed by atoms with Gasteiger partial charge in [0.1, 0.15) is 5.82 Å². The summed E-state index contributed by atoms with van der Waals surface area (Å²) in [7, 11) is 1.78. The monoisotopic (exact) mass is 263 g/mol. The summed E-state index contributed by atoms with van der Waals surface area (Å²) in [5, 5.41) is 0. The Morgan fingerprint density at radius 2 is 1.79 bits per heavy atom. The van der Waals surface area contributed by atoms with Crippen LogP contribution in [0.2, 0.25) is 0 Å². The van der Waals surface area contributed by atoms with Gasteiger partial charge in [-0.05, 0) is 6.07 Å². The standard InChI is InChI=1S/C14H21N3O2/c1-11(2)14(19)17-9-7-16(8-10-17)12-5-4-6-13(18)15(12)3/h4-6,11H,7-10H2,1-3H3. The molecule has 1 aliphatic rings. The molecule has 0 aromatic carbocycles. The van der Waals surface area contributed by atoms with Gasteiger partial charge in [-0.25, -0.2) is 0 Å². The van der Waals surface area contributed by atoms with Gasteiger partial charge in [-0.2, -0.15) is 0 Å². The van der Waals surface area contributed by atoms with Crippen LogP contribution in [-0.2, 0) is 11.8 Å². The second-order valence-electron chi connectivity index (χ2n) is 5.25. The van der Waals surface area contributed by atoms with E-state index in [-0.39, 0.29) is 17.4 Å². The molecule has 1 fully saturated rings. The van der Waals surface area contributed by atoms with E-state index in [1.807, 2.05) is 24.8 Å². The van der Waals surface area contributed by atoms with Crippen molar-refractivity contribution in [1.29, 1.82) is 0 Å². The lowest BCUT2D eigenvalue weighted by Gasteiger charge is -2.37. The van der Waals surface area contributed by atoms with Crippen molar-refractivity contribution in [1.82, 2.24) is 9.47 Å². The van der Waals surface area contributed by atoms with Gasteiger partial charge in [0, 0.05) is 45.2 Å². The van der Waals surface area contributed by atoms with Crippen LogP contribution < -0.4 is 10.5 Å². The number of rotatable bonds is 2. The van der Waals surface area contributed by atoms with Gasteiger partial charge in [-0.15, -0.1) is 0 Å². The Hall–Kier alpha value is -1.78. The fourth-order valence-electron chi connectivity index (χ4n) is 2.39. The largest absolute Gasteiger partial charge is 0.354 e. The first-order valence-corrected chi connectivity index (χ1v) is 6.70. The molecule has 0 aliphatic carbocycles. The van der Waals surface area contributed by atoms with Crippen molar-refractivity contribution >= 4 is 11.7 Å². The number of nitrogens with zero attached hydrogens (tertiary/aromatic N) is 3. The first-order chi connectivity index (χ1) is 9.00. The van der Waals surface area contributed by atoms with Crippen LogP contribution in [0.4, 0.5) is 5.82 Å². The number of pyridine rings is 1. The molecule has 1 aliphatic heterocycles. The molecule has 5 heteroatoms. The van der Waals surface area contributed by atoms with E-state index < -0.39 is 0 Å². The van der Waals surface area contributed by atoms with Crippen LogP contribution in [0.15, 0.2) is 23.0 Å². The van der Waals surface area contributed by atoms with Crippen molar-refractivity contribution in [3.05, 3.63) is 28.6 Å². The van der Waals surface area contributed by atoms with Gasteiger partial charge in [0.05, 0.1) is 0 Å². The van der Waals surface area contributed by atoms with Gasteiger partial charge in [-0.1, -0.05) is 19.9 Å². The number of carbonyl (C=O) groups is 1. The van der Waals surface area contributed by atoms with E-state index in [1.54, 1.807) is 23.7 Å². The predicted octanol–water partition coefficient (Wildman–Crippen LogP) is 0.690. The Balaban J connectivity index is 2.06. The quantitative estimate of drug-likeness (QED) is 0.788. The number of aromatic nitrogens is 1. The van der Waals surface area contributed by atoms with Crippen LogP contribution in [0.3, 0.4) is 0 Å². The lowest BCUT2D eigenvalue weighted by atomic mass is 10.1. The Labute approximate surface area is 113 Å². The molecule has 104 valence electrons. The first kappa shape index (κ1) is 13.6. The third-order valence-electron chi connectivity index (χ3n) is 3.57. The maximum Gasteiger partial charge on any atom is 0.251 e. The lowest BCUT2D eigenvalue weighted by Crippen LogP contribution is -2.50. The average Bonchev–Trinajstić information content (AvgIpc) is 2.41. The Morgan fingerprint density at radius 3 is 2.37 bits per heavy atom. The lowest BCUT2D eigenvalue weighted by molar-refractivity contribution is -0.134. The molecular formula is C14H21N3O2.